The van der Waals surface area contributed by atoms with E-state index in [0.717, 1.165) is 29.2 Å². The predicted molar refractivity (Wildman–Crippen MR) is 108 cm³/mol. The van der Waals surface area contributed by atoms with E-state index in [4.69, 9.17) is 23.2 Å². The summed E-state index contributed by atoms with van der Waals surface area (Å²) in [4.78, 5) is 21.2. The molecule has 5 nitrogen and oxygen atoms in total. The van der Waals surface area contributed by atoms with Crippen molar-refractivity contribution in [3.8, 4) is 0 Å². The Kier molecular flexibility index (Phi) is 6.06. The third-order valence-electron chi connectivity index (χ3n) is 3.79. The maximum Gasteiger partial charge on any atom is 0.237 e. The Labute approximate surface area is 166 Å². The number of carbonyl (C=O) groups is 1. The van der Waals surface area contributed by atoms with Crippen molar-refractivity contribution in [2.75, 3.05) is 5.32 Å². The standard InChI is InChI=1S/C18H18Cl2N4OS/c1-3-9-24-15-7-6-12(19)10-14(15)23-18(24)26-11(2)17(25)22-13-5-4-8-21-16(13)20/h4-8,10-11H,3,9H2,1-2H3,(H,22,25)/t11-/m1/s1. The average Bonchev–Trinajstić information content (AvgIpc) is 2.93. The molecule has 0 radical (unpaired) electrons. The Morgan fingerprint density at radius 3 is 2.88 bits per heavy atom. The fourth-order valence-corrected chi connectivity index (χ4v) is 3.82. The van der Waals surface area contributed by atoms with Gasteiger partial charge in [0.05, 0.1) is 22.0 Å². The van der Waals surface area contributed by atoms with Crippen molar-refractivity contribution in [2.24, 2.45) is 0 Å². The zero-order chi connectivity index (χ0) is 18.7. The molecule has 26 heavy (non-hydrogen) atoms. The Morgan fingerprint density at radius 1 is 1.35 bits per heavy atom. The van der Waals surface area contributed by atoms with Crippen LogP contribution in [0.2, 0.25) is 10.2 Å². The molecule has 1 N–H and O–H groups in total. The van der Waals surface area contributed by atoms with Crippen molar-refractivity contribution in [3.05, 3.63) is 46.7 Å². The summed E-state index contributed by atoms with van der Waals surface area (Å²) in [6, 6.07) is 9.10. The Hall–Kier alpha value is -1.76. The highest BCUT2D eigenvalue weighted by Gasteiger charge is 2.20. The van der Waals surface area contributed by atoms with Crippen LogP contribution in [0.15, 0.2) is 41.7 Å². The van der Waals surface area contributed by atoms with Crippen LogP contribution >= 0.6 is 35.0 Å². The number of anilines is 1. The van der Waals surface area contributed by atoms with E-state index in [2.05, 4.69) is 26.8 Å². The Balaban J connectivity index is 1.82. The number of fused-ring (bicyclic) bond motifs is 1. The molecule has 1 atom stereocenters. The van der Waals surface area contributed by atoms with Crippen LogP contribution in [0.4, 0.5) is 5.69 Å². The fraction of sp³-hybridized carbons (Fsp3) is 0.278. The number of nitrogens with one attached hydrogen (secondary N) is 1. The van der Waals surface area contributed by atoms with Gasteiger partial charge in [-0.3, -0.25) is 4.79 Å². The second kappa shape index (κ2) is 8.29. The maximum absolute atomic E-state index is 12.5. The molecule has 1 aromatic carbocycles. The van der Waals surface area contributed by atoms with E-state index >= 15 is 0 Å². The normalized spacial score (nSPS) is 12.3. The summed E-state index contributed by atoms with van der Waals surface area (Å²) < 4.78 is 2.12. The van der Waals surface area contributed by atoms with Gasteiger partial charge in [-0.05, 0) is 43.7 Å². The molecular formula is C18H18Cl2N4OS. The van der Waals surface area contributed by atoms with Crippen LogP contribution in [0.5, 0.6) is 0 Å². The van der Waals surface area contributed by atoms with E-state index in [-0.39, 0.29) is 16.3 Å². The number of aryl methyl sites for hydroxylation is 1. The smallest absolute Gasteiger partial charge is 0.237 e. The van der Waals surface area contributed by atoms with Gasteiger partial charge >= 0.3 is 0 Å². The van der Waals surface area contributed by atoms with E-state index < -0.39 is 0 Å². The van der Waals surface area contributed by atoms with Crippen LogP contribution in [0.1, 0.15) is 20.3 Å². The molecule has 8 heteroatoms. The lowest BCUT2D eigenvalue weighted by Gasteiger charge is -2.13. The van der Waals surface area contributed by atoms with Crippen LogP contribution < -0.4 is 5.32 Å². The van der Waals surface area contributed by atoms with Gasteiger partial charge in [0.25, 0.3) is 0 Å². The average molecular weight is 409 g/mol. The molecule has 1 amide bonds. The molecule has 0 spiro atoms. The van der Waals surface area contributed by atoms with Crippen LogP contribution in [0.3, 0.4) is 0 Å². The Morgan fingerprint density at radius 2 is 2.15 bits per heavy atom. The number of carbonyl (C=O) groups excluding carboxylic acids is 1. The van der Waals surface area contributed by atoms with Gasteiger partial charge in [-0.1, -0.05) is 41.9 Å². The van der Waals surface area contributed by atoms with Gasteiger partial charge in [-0.15, -0.1) is 0 Å². The maximum atomic E-state index is 12.5. The minimum atomic E-state index is -0.353. The SMILES string of the molecule is CCCn1c(S[C@H](C)C(=O)Nc2cccnc2Cl)nc2cc(Cl)ccc21. The topological polar surface area (TPSA) is 59.8 Å². The number of nitrogens with zero attached hydrogens (tertiary/aromatic N) is 3. The largest absolute Gasteiger partial charge is 0.322 e. The molecule has 0 aliphatic heterocycles. The Bertz CT molecular complexity index is 944. The first-order chi connectivity index (χ1) is 12.5. The van der Waals surface area contributed by atoms with E-state index in [1.165, 1.54) is 11.8 Å². The van der Waals surface area contributed by atoms with Crippen LogP contribution in [0.25, 0.3) is 11.0 Å². The van der Waals surface area contributed by atoms with Crippen molar-refractivity contribution < 1.29 is 4.79 Å². The van der Waals surface area contributed by atoms with E-state index in [1.54, 1.807) is 18.3 Å². The molecule has 0 saturated carbocycles. The van der Waals surface area contributed by atoms with Gasteiger partial charge in [0.15, 0.2) is 10.3 Å². The number of imidazole rings is 1. The summed E-state index contributed by atoms with van der Waals surface area (Å²) in [5, 5.41) is 4.17. The van der Waals surface area contributed by atoms with Crippen molar-refractivity contribution in [2.45, 2.75) is 37.2 Å². The van der Waals surface area contributed by atoms with E-state index in [9.17, 15) is 4.79 Å². The summed E-state index contributed by atoms with van der Waals surface area (Å²) >= 11 is 13.5. The quantitative estimate of drug-likeness (QED) is 0.445. The molecule has 0 aliphatic rings. The first-order valence-electron chi connectivity index (χ1n) is 8.23. The zero-order valence-electron chi connectivity index (χ0n) is 14.4. The number of hydrogen-bond acceptors (Lipinski definition) is 4. The monoisotopic (exact) mass is 408 g/mol. The van der Waals surface area contributed by atoms with Crippen LogP contribution in [0, 0.1) is 0 Å². The lowest BCUT2D eigenvalue weighted by Crippen LogP contribution is -2.23. The molecule has 3 aromatic rings. The molecule has 2 heterocycles. The van der Waals surface area contributed by atoms with Gasteiger partial charge in [0.1, 0.15) is 0 Å². The van der Waals surface area contributed by atoms with Gasteiger partial charge in [0.2, 0.25) is 5.91 Å². The number of pyridine rings is 1. The predicted octanol–water partition coefficient (Wildman–Crippen LogP) is 5.27. The first kappa shape index (κ1) is 19.0. The minimum Gasteiger partial charge on any atom is -0.322 e. The zero-order valence-corrected chi connectivity index (χ0v) is 16.7. The second-order valence-corrected chi connectivity index (χ2v) is 7.87. The number of aromatic nitrogens is 3. The molecule has 3 rings (SSSR count). The lowest BCUT2D eigenvalue weighted by atomic mass is 10.3. The third-order valence-corrected chi connectivity index (χ3v) is 5.42. The summed E-state index contributed by atoms with van der Waals surface area (Å²) in [6.07, 6.45) is 2.54. The summed E-state index contributed by atoms with van der Waals surface area (Å²) in [5.74, 6) is -0.155. The molecule has 0 unspecified atom stereocenters. The van der Waals surface area contributed by atoms with Crippen molar-refractivity contribution in [1.82, 2.24) is 14.5 Å². The van der Waals surface area contributed by atoms with Gasteiger partial charge < -0.3 is 9.88 Å². The summed E-state index contributed by atoms with van der Waals surface area (Å²) in [6.45, 7) is 4.77. The molecule has 2 aromatic heterocycles. The highest BCUT2D eigenvalue weighted by atomic mass is 35.5. The number of benzene rings is 1. The molecule has 0 bridgehead atoms. The van der Waals surface area contributed by atoms with Crippen molar-refractivity contribution in [1.29, 1.82) is 0 Å². The number of hydrogen-bond donors (Lipinski definition) is 1. The summed E-state index contributed by atoms with van der Waals surface area (Å²) in [7, 11) is 0. The fourth-order valence-electron chi connectivity index (χ4n) is 2.54. The van der Waals surface area contributed by atoms with Gasteiger partial charge in [-0.25, -0.2) is 9.97 Å². The molecular weight excluding hydrogens is 391 g/mol. The third kappa shape index (κ3) is 4.14. The highest BCUT2D eigenvalue weighted by molar-refractivity contribution is 8.00. The van der Waals surface area contributed by atoms with E-state index in [1.807, 2.05) is 25.1 Å². The molecule has 0 aliphatic carbocycles. The minimum absolute atomic E-state index is 0.155. The number of rotatable bonds is 6. The molecule has 136 valence electrons. The number of amides is 1. The second-order valence-electron chi connectivity index (χ2n) is 5.77. The lowest BCUT2D eigenvalue weighted by molar-refractivity contribution is -0.115. The van der Waals surface area contributed by atoms with Crippen LogP contribution in [-0.2, 0) is 11.3 Å². The van der Waals surface area contributed by atoms with Gasteiger partial charge in [-0.2, -0.15) is 0 Å². The number of halogens is 2. The molecule has 0 fully saturated rings. The van der Waals surface area contributed by atoms with E-state index in [0.29, 0.717) is 10.7 Å². The highest BCUT2D eigenvalue weighted by Crippen LogP contribution is 2.30. The van der Waals surface area contributed by atoms with Crippen LogP contribution in [-0.4, -0.2) is 25.7 Å². The van der Waals surface area contributed by atoms with Gasteiger partial charge in [0, 0.05) is 17.8 Å². The van der Waals surface area contributed by atoms with Crippen molar-refractivity contribution >= 4 is 57.6 Å². The summed E-state index contributed by atoms with van der Waals surface area (Å²) in [5.41, 5.74) is 2.35. The molecule has 0 saturated heterocycles. The van der Waals surface area contributed by atoms with Crippen molar-refractivity contribution in [3.63, 3.8) is 0 Å². The first-order valence-corrected chi connectivity index (χ1v) is 9.87. The number of thioether (sulfide) groups is 1.